The summed E-state index contributed by atoms with van der Waals surface area (Å²) >= 11 is 0. The first-order valence-electron chi connectivity index (χ1n) is 7.04. The fourth-order valence-electron chi connectivity index (χ4n) is 1.76. The third kappa shape index (κ3) is 5.51. The van der Waals surface area contributed by atoms with E-state index in [1.807, 2.05) is 20.8 Å². The second-order valence-corrected chi connectivity index (χ2v) is 7.55. The average molecular weight is 343 g/mol. The number of nitro benzene ring substituents is 1. The van der Waals surface area contributed by atoms with Gasteiger partial charge < -0.3 is 5.32 Å². The Morgan fingerprint density at radius 1 is 1.35 bits per heavy atom. The summed E-state index contributed by atoms with van der Waals surface area (Å²) in [6, 6.07) is 5.05. The Bertz CT molecular complexity index is 687. The third-order valence-corrected chi connectivity index (χ3v) is 4.55. The van der Waals surface area contributed by atoms with Crippen molar-refractivity contribution < 1.29 is 18.1 Å². The number of nitrogens with zero attached hydrogens (tertiary/aromatic N) is 2. The number of sulfonamides is 1. The molecule has 0 aromatic heterocycles. The molecule has 1 atom stereocenters. The van der Waals surface area contributed by atoms with Gasteiger partial charge in [0, 0.05) is 18.2 Å². The van der Waals surface area contributed by atoms with Gasteiger partial charge in [-0.25, -0.2) is 8.42 Å². The molecule has 1 amide bonds. The molecule has 0 saturated heterocycles. The minimum Gasteiger partial charge on any atom is -0.352 e. The maximum absolute atomic E-state index is 12.1. The highest BCUT2D eigenvalue weighted by molar-refractivity contribution is 7.92. The maximum Gasteiger partial charge on any atom is 0.271 e. The zero-order valence-corrected chi connectivity index (χ0v) is 14.3. The van der Waals surface area contributed by atoms with E-state index < -0.39 is 27.4 Å². The lowest BCUT2D eigenvalue weighted by molar-refractivity contribution is -0.384. The summed E-state index contributed by atoms with van der Waals surface area (Å²) in [4.78, 5) is 22.3. The quantitative estimate of drug-likeness (QED) is 0.596. The molecule has 0 aliphatic carbocycles. The molecular weight excluding hydrogens is 322 g/mol. The number of carbonyl (C=O) groups is 1. The van der Waals surface area contributed by atoms with Gasteiger partial charge in [0.25, 0.3) is 5.69 Å². The molecule has 0 aliphatic heterocycles. The van der Waals surface area contributed by atoms with Crippen LogP contribution in [0.2, 0.25) is 0 Å². The summed E-state index contributed by atoms with van der Waals surface area (Å²) in [5, 5.41) is 13.5. The SMILES string of the molecule is CC(C)C(C)NC(=O)CN(c1cccc([N+](=O)[O-])c1)S(C)(=O)=O. The predicted octanol–water partition coefficient (Wildman–Crippen LogP) is 1.52. The van der Waals surface area contributed by atoms with Crippen LogP contribution in [-0.4, -0.2) is 38.1 Å². The highest BCUT2D eigenvalue weighted by Crippen LogP contribution is 2.22. The van der Waals surface area contributed by atoms with E-state index in [-0.39, 0.29) is 23.3 Å². The average Bonchev–Trinajstić information content (AvgIpc) is 2.43. The molecule has 1 rings (SSSR count). The van der Waals surface area contributed by atoms with Crippen LogP contribution in [0.15, 0.2) is 24.3 Å². The summed E-state index contributed by atoms with van der Waals surface area (Å²) in [6.45, 7) is 5.25. The number of amides is 1. The topological polar surface area (TPSA) is 110 Å². The van der Waals surface area contributed by atoms with Crippen LogP contribution in [0, 0.1) is 16.0 Å². The van der Waals surface area contributed by atoms with Crippen molar-refractivity contribution >= 4 is 27.3 Å². The second kappa shape index (κ2) is 7.40. The summed E-state index contributed by atoms with van der Waals surface area (Å²) in [7, 11) is -3.76. The van der Waals surface area contributed by atoms with Gasteiger partial charge >= 0.3 is 0 Å². The molecule has 1 unspecified atom stereocenters. The van der Waals surface area contributed by atoms with Gasteiger partial charge in [0.2, 0.25) is 15.9 Å². The van der Waals surface area contributed by atoms with Crippen LogP contribution in [0.5, 0.6) is 0 Å². The number of anilines is 1. The molecule has 0 heterocycles. The Morgan fingerprint density at radius 2 is 1.96 bits per heavy atom. The zero-order valence-electron chi connectivity index (χ0n) is 13.5. The normalized spacial score (nSPS) is 12.7. The first-order valence-corrected chi connectivity index (χ1v) is 8.88. The highest BCUT2D eigenvalue weighted by Gasteiger charge is 2.23. The maximum atomic E-state index is 12.1. The van der Waals surface area contributed by atoms with Crippen molar-refractivity contribution in [2.45, 2.75) is 26.8 Å². The standard InChI is InChI=1S/C14H21N3O5S/c1-10(2)11(3)15-14(18)9-16(23(4,21)22)12-6-5-7-13(8-12)17(19)20/h5-8,10-11H,9H2,1-4H3,(H,15,18). The molecular formula is C14H21N3O5S. The van der Waals surface area contributed by atoms with E-state index >= 15 is 0 Å². The number of nitro groups is 1. The fourth-order valence-corrected chi connectivity index (χ4v) is 2.61. The van der Waals surface area contributed by atoms with Gasteiger partial charge in [-0.05, 0) is 18.9 Å². The van der Waals surface area contributed by atoms with Crippen LogP contribution in [0.25, 0.3) is 0 Å². The summed E-state index contributed by atoms with van der Waals surface area (Å²) in [6.07, 6.45) is 0.949. The van der Waals surface area contributed by atoms with Crippen molar-refractivity contribution in [3.05, 3.63) is 34.4 Å². The largest absolute Gasteiger partial charge is 0.352 e. The highest BCUT2D eigenvalue weighted by atomic mass is 32.2. The number of non-ortho nitro benzene ring substituents is 1. The van der Waals surface area contributed by atoms with Gasteiger partial charge in [-0.2, -0.15) is 0 Å². The molecule has 0 bridgehead atoms. The van der Waals surface area contributed by atoms with Crippen molar-refractivity contribution in [1.29, 1.82) is 0 Å². The lowest BCUT2D eigenvalue weighted by atomic mass is 10.1. The molecule has 1 aromatic carbocycles. The lowest BCUT2D eigenvalue weighted by Gasteiger charge is -2.24. The molecule has 128 valence electrons. The number of carbonyl (C=O) groups excluding carboxylic acids is 1. The molecule has 0 saturated carbocycles. The van der Waals surface area contributed by atoms with Gasteiger partial charge in [-0.15, -0.1) is 0 Å². The first kappa shape index (κ1) is 18.9. The first-order chi connectivity index (χ1) is 10.5. The summed E-state index contributed by atoms with van der Waals surface area (Å²) in [5.74, 6) is -0.272. The van der Waals surface area contributed by atoms with Crippen molar-refractivity contribution in [1.82, 2.24) is 5.32 Å². The molecule has 0 aliphatic rings. The van der Waals surface area contributed by atoms with Crippen molar-refractivity contribution in [3.8, 4) is 0 Å². The van der Waals surface area contributed by atoms with Gasteiger partial charge in [-0.1, -0.05) is 19.9 Å². The Hall–Kier alpha value is -2.16. The molecule has 0 fully saturated rings. The molecule has 1 aromatic rings. The second-order valence-electron chi connectivity index (χ2n) is 5.65. The van der Waals surface area contributed by atoms with Crippen LogP contribution in [-0.2, 0) is 14.8 Å². The van der Waals surface area contributed by atoms with E-state index in [1.54, 1.807) is 0 Å². The zero-order chi connectivity index (χ0) is 17.8. The van der Waals surface area contributed by atoms with Crippen molar-refractivity contribution in [3.63, 3.8) is 0 Å². The predicted molar refractivity (Wildman–Crippen MR) is 87.7 cm³/mol. The summed E-state index contributed by atoms with van der Waals surface area (Å²) < 4.78 is 24.7. The fraction of sp³-hybridized carbons (Fsp3) is 0.500. The number of benzene rings is 1. The minimum atomic E-state index is -3.76. The van der Waals surface area contributed by atoms with E-state index in [1.165, 1.54) is 18.2 Å². The Labute approximate surface area is 135 Å². The number of nitrogens with one attached hydrogen (secondary N) is 1. The van der Waals surface area contributed by atoms with E-state index in [2.05, 4.69) is 5.32 Å². The number of hydrogen-bond acceptors (Lipinski definition) is 5. The van der Waals surface area contributed by atoms with Crippen LogP contribution in [0.4, 0.5) is 11.4 Å². The Balaban J connectivity index is 3.05. The van der Waals surface area contributed by atoms with Gasteiger partial charge in [0.15, 0.2) is 0 Å². The van der Waals surface area contributed by atoms with Crippen LogP contribution in [0.3, 0.4) is 0 Å². The molecule has 0 spiro atoms. The van der Waals surface area contributed by atoms with E-state index in [4.69, 9.17) is 0 Å². The monoisotopic (exact) mass is 343 g/mol. The van der Waals surface area contributed by atoms with Crippen molar-refractivity contribution in [2.75, 3.05) is 17.1 Å². The van der Waals surface area contributed by atoms with E-state index in [0.717, 1.165) is 16.6 Å². The molecule has 1 N–H and O–H groups in total. The smallest absolute Gasteiger partial charge is 0.271 e. The molecule has 0 radical (unpaired) electrons. The Kier molecular flexibility index (Phi) is 6.08. The lowest BCUT2D eigenvalue weighted by Crippen LogP contribution is -2.44. The van der Waals surface area contributed by atoms with E-state index in [0.29, 0.717) is 0 Å². The van der Waals surface area contributed by atoms with Crippen LogP contribution >= 0.6 is 0 Å². The Morgan fingerprint density at radius 3 is 2.43 bits per heavy atom. The third-order valence-electron chi connectivity index (χ3n) is 3.40. The summed E-state index contributed by atoms with van der Waals surface area (Å²) in [5.41, 5.74) is -0.166. The molecule has 8 nitrogen and oxygen atoms in total. The van der Waals surface area contributed by atoms with Gasteiger partial charge in [0.05, 0.1) is 16.9 Å². The molecule has 23 heavy (non-hydrogen) atoms. The van der Waals surface area contributed by atoms with Gasteiger partial charge in [0.1, 0.15) is 6.54 Å². The number of rotatable bonds is 7. The van der Waals surface area contributed by atoms with E-state index in [9.17, 15) is 23.3 Å². The number of hydrogen-bond donors (Lipinski definition) is 1. The van der Waals surface area contributed by atoms with Crippen LogP contribution in [0.1, 0.15) is 20.8 Å². The molecule has 9 heteroatoms. The van der Waals surface area contributed by atoms with Crippen molar-refractivity contribution in [2.24, 2.45) is 5.92 Å². The minimum absolute atomic E-state index is 0.0778. The van der Waals surface area contributed by atoms with Crippen LogP contribution < -0.4 is 9.62 Å². The van der Waals surface area contributed by atoms with Gasteiger partial charge in [-0.3, -0.25) is 19.2 Å².